The average Bonchev–Trinajstić information content (AvgIpc) is 3.61. The fourth-order valence-electron chi connectivity index (χ4n) is 5.42. The van der Waals surface area contributed by atoms with Gasteiger partial charge < -0.3 is 19.0 Å². The first-order chi connectivity index (χ1) is 17.5. The van der Waals surface area contributed by atoms with E-state index in [0.29, 0.717) is 12.3 Å². The van der Waals surface area contributed by atoms with Gasteiger partial charge in [0.15, 0.2) is 6.61 Å². The lowest BCUT2D eigenvalue weighted by Crippen LogP contribution is -2.43. The first kappa shape index (κ1) is 24.2. The maximum absolute atomic E-state index is 13.6. The van der Waals surface area contributed by atoms with Crippen LogP contribution in [0.5, 0.6) is 5.75 Å². The molecule has 0 saturated heterocycles. The van der Waals surface area contributed by atoms with Crippen LogP contribution >= 0.6 is 0 Å². The maximum Gasteiger partial charge on any atom is 0.260 e. The molecule has 188 valence electrons. The molecule has 1 saturated carbocycles. The number of carbonyl (C=O) groups is 2. The van der Waals surface area contributed by atoms with Crippen LogP contribution in [0.15, 0.2) is 65.3 Å². The topological polar surface area (TPSA) is 63.0 Å². The predicted molar refractivity (Wildman–Crippen MR) is 138 cm³/mol. The fourth-order valence-corrected chi connectivity index (χ4v) is 5.42. The third-order valence-electron chi connectivity index (χ3n) is 7.49. The molecule has 0 bridgehead atoms. The van der Waals surface area contributed by atoms with Gasteiger partial charge in [-0.3, -0.25) is 9.59 Å². The Balaban J connectivity index is 1.37. The lowest BCUT2D eigenvalue weighted by Gasteiger charge is -2.39. The van der Waals surface area contributed by atoms with Gasteiger partial charge in [0.1, 0.15) is 11.5 Å². The highest BCUT2D eigenvalue weighted by atomic mass is 16.5. The number of fused-ring (bicyclic) bond motifs is 1. The number of hydrogen-bond acceptors (Lipinski definition) is 4. The molecule has 1 unspecified atom stereocenters. The number of ether oxygens (including phenoxy) is 1. The van der Waals surface area contributed by atoms with Crippen molar-refractivity contribution < 1.29 is 18.7 Å². The average molecular weight is 487 g/mol. The van der Waals surface area contributed by atoms with Crippen LogP contribution in [0, 0.1) is 12.8 Å². The van der Waals surface area contributed by atoms with E-state index in [1.54, 1.807) is 18.2 Å². The van der Waals surface area contributed by atoms with Crippen molar-refractivity contribution in [1.29, 1.82) is 0 Å². The highest BCUT2D eigenvalue weighted by Gasteiger charge is 2.36. The summed E-state index contributed by atoms with van der Waals surface area (Å²) in [7, 11) is 1.74. The SMILES string of the molecule is Cc1ccc(C2c3cc(OCC(=O)N(C)Cc4ccco4)ccc3CCN2C(=O)C2CCCC2)cc1. The van der Waals surface area contributed by atoms with Crippen LogP contribution < -0.4 is 4.74 Å². The number of carbonyl (C=O) groups excluding carboxylic acids is 2. The number of aryl methyl sites for hydroxylation is 1. The van der Waals surface area contributed by atoms with Gasteiger partial charge in [-0.2, -0.15) is 0 Å². The third kappa shape index (κ3) is 5.18. The molecular formula is C30H34N2O4. The molecule has 2 amide bonds. The number of likely N-dealkylation sites (N-methyl/N-ethyl adjacent to an activating group) is 1. The quantitative estimate of drug-likeness (QED) is 0.455. The summed E-state index contributed by atoms with van der Waals surface area (Å²) >= 11 is 0. The van der Waals surface area contributed by atoms with E-state index in [-0.39, 0.29) is 30.4 Å². The van der Waals surface area contributed by atoms with Gasteiger partial charge in [0, 0.05) is 19.5 Å². The zero-order chi connectivity index (χ0) is 25.1. The van der Waals surface area contributed by atoms with Crippen molar-refractivity contribution in [2.75, 3.05) is 20.2 Å². The molecule has 1 fully saturated rings. The molecule has 3 aromatic rings. The van der Waals surface area contributed by atoms with Gasteiger partial charge in [0.05, 0.1) is 18.8 Å². The zero-order valence-electron chi connectivity index (χ0n) is 21.1. The standard InChI is InChI=1S/C30H34N2O4/c1-21-9-11-23(12-10-21)29-27-18-25(36-20-28(33)31(2)19-26-8-5-17-35-26)14-13-22(27)15-16-32(29)30(34)24-6-3-4-7-24/h5,8-14,17-18,24,29H,3-4,6-7,15-16,19-20H2,1-2H3. The largest absolute Gasteiger partial charge is 0.484 e. The van der Waals surface area contributed by atoms with E-state index in [1.807, 2.05) is 24.3 Å². The van der Waals surface area contributed by atoms with Crippen molar-refractivity contribution in [3.05, 3.63) is 88.9 Å². The molecular weight excluding hydrogens is 452 g/mol. The summed E-state index contributed by atoms with van der Waals surface area (Å²) in [6.45, 7) is 3.13. The van der Waals surface area contributed by atoms with E-state index in [1.165, 1.54) is 11.1 Å². The molecule has 0 spiro atoms. The summed E-state index contributed by atoms with van der Waals surface area (Å²) in [5.41, 5.74) is 4.62. The van der Waals surface area contributed by atoms with Gasteiger partial charge in [-0.1, -0.05) is 48.7 Å². The van der Waals surface area contributed by atoms with Gasteiger partial charge >= 0.3 is 0 Å². The minimum atomic E-state index is -0.150. The second-order valence-corrected chi connectivity index (χ2v) is 10.1. The summed E-state index contributed by atoms with van der Waals surface area (Å²) in [5, 5.41) is 0. The Morgan fingerprint density at radius 3 is 2.58 bits per heavy atom. The number of benzene rings is 2. The third-order valence-corrected chi connectivity index (χ3v) is 7.49. The molecule has 36 heavy (non-hydrogen) atoms. The lowest BCUT2D eigenvalue weighted by atomic mass is 9.86. The molecule has 1 aliphatic carbocycles. The van der Waals surface area contributed by atoms with Crippen LogP contribution in [0.2, 0.25) is 0 Å². The van der Waals surface area contributed by atoms with Gasteiger partial charge in [0.25, 0.3) is 5.91 Å². The van der Waals surface area contributed by atoms with Crippen molar-refractivity contribution >= 4 is 11.8 Å². The molecule has 5 rings (SSSR count). The number of amides is 2. The van der Waals surface area contributed by atoms with Crippen LogP contribution in [0.3, 0.4) is 0 Å². The smallest absolute Gasteiger partial charge is 0.260 e. The Morgan fingerprint density at radius 1 is 1.08 bits per heavy atom. The van der Waals surface area contributed by atoms with Crippen molar-refractivity contribution in [1.82, 2.24) is 9.80 Å². The van der Waals surface area contributed by atoms with Crippen molar-refractivity contribution in [3.63, 3.8) is 0 Å². The second kappa shape index (κ2) is 10.6. The van der Waals surface area contributed by atoms with E-state index in [4.69, 9.17) is 9.15 Å². The van der Waals surface area contributed by atoms with Crippen molar-refractivity contribution in [2.45, 2.75) is 51.6 Å². The lowest BCUT2D eigenvalue weighted by molar-refractivity contribution is -0.137. The zero-order valence-corrected chi connectivity index (χ0v) is 21.1. The Kier molecular flexibility index (Phi) is 7.12. The van der Waals surface area contributed by atoms with Gasteiger partial charge in [-0.05, 0) is 67.1 Å². The van der Waals surface area contributed by atoms with Crippen LogP contribution in [0.1, 0.15) is 59.7 Å². The number of furan rings is 1. The summed E-state index contributed by atoms with van der Waals surface area (Å²) in [5.74, 6) is 1.64. The van der Waals surface area contributed by atoms with Crippen LogP contribution in [0.4, 0.5) is 0 Å². The minimum absolute atomic E-state index is 0.0596. The maximum atomic E-state index is 13.6. The molecule has 2 aliphatic rings. The first-order valence-corrected chi connectivity index (χ1v) is 12.9. The molecule has 1 aromatic heterocycles. The Hall–Kier alpha value is -3.54. The summed E-state index contributed by atoms with van der Waals surface area (Å²) in [6.07, 6.45) is 6.66. The van der Waals surface area contributed by atoms with Crippen molar-refractivity contribution in [3.8, 4) is 5.75 Å². The van der Waals surface area contributed by atoms with Crippen LogP contribution in [-0.2, 0) is 22.6 Å². The number of hydrogen-bond donors (Lipinski definition) is 0. The Bertz CT molecular complexity index is 1200. The molecule has 2 aromatic carbocycles. The van der Waals surface area contributed by atoms with E-state index in [0.717, 1.165) is 55.5 Å². The van der Waals surface area contributed by atoms with E-state index in [9.17, 15) is 9.59 Å². The number of nitrogens with zero attached hydrogens (tertiary/aromatic N) is 2. The summed E-state index contributed by atoms with van der Waals surface area (Å²) in [4.78, 5) is 29.9. The van der Waals surface area contributed by atoms with E-state index >= 15 is 0 Å². The monoisotopic (exact) mass is 486 g/mol. The minimum Gasteiger partial charge on any atom is -0.484 e. The highest BCUT2D eigenvalue weighted by Crippen LogP contribution is 2.39. The molecule has 1 aliphatic heterocycles. The first-order valence-electron chi connectivity index (χ1n) is 12.9. The van der Waals surface area contributed by atoms with Crippen LogP contribution in [0.25, 0.3) is 0 Å². The fraction of sp³-hybridized carbons (Fsp3) is 0.400. The molecule has 0 N–H and O–H groups in total. The molecule has 0 radical (unpaired) electrons. The normalized spacial score (nSPS) is 17.6. The molecule has 1 atom stereocenters. The Labute approximate surface area is 212 Å². The highest BCUT2D eigenvalue weighted by molar-refractivity contribution is 5.80. The number of rotatable bonds is 7. The van der Waals surface area contributed by atoms with Crippen molar-refractivity contribution in [2.24, 2.45) is 5.92 Å². The predicted octanol–water partition coefficient (Wildman–Crippen LogP) is 5.29. The molecule has 6 heteroatoms. The van der Waals surface area contributed by atoms with Gasteiger partial charge in [0.2, 0.25) is 5.91 Å². The van der Waals surface area contributed by atoms with Gasteiger partial charge in [-0.25, -0.2) is 0 Å². The van der Waals surface area contributed by atoms with E-state index < -0.39 is 0 Å². The Morgan fingerprint density at radius 2 is 1.86 bits per heavy atom. The molecule has 2 heterocycles. The second-order valence-electron chi connectivity index (χ2n) is 10.1. The van der Waals surface area contributed by atoms with Gasteiger partial charge in [-0.15, -0.1) is 0 Å². The molecule has 6 nitrogen and oxygen atoms in total. The van der Waals surface area contributed by atoms with E-state index in [2.05, 4.69) is 42.2 Å². The summed E-state index contributed by atoms with van der Waals surface area (Å²) < 4.78 is 11.3. The summed E-state index contributed by atoms with van der Waals surface area (Å²) in [6, 6.07) is 18.0. The van der Waals surface area contributed by atoms with Crippen LogP contribution in [-0.4, -0.2) is 41.8 Å².